The van der Waals surface area contributed by atoms with Crippen molar-refractivity contribution in [2.75, 3.05) is 12.3 Å². The number of rotatable bonds is 4. The molecule has 0 radical (unpaired) electrons. The van der Waals surface area contributed by atoms with E-state index in [1.165, 1.54) is 16.4 Å². The third-order valence-corrected chi connectivity index (χ3v) is 2.82. The Morgan fingerprint density at radius 3 is 2.93 bits per heavy atom. The summed E-state index contributed by atoms with van der Waals surface area (Å²) < 4.78 is 1.40. The van der Waals surface area contributed by atoms with Crippen molar-refractivity contribution in [1.29, 1.82) is 0 Å². The highest BCUT2D eigenvalue weighted by Crippen LogP contribution is 2.13. The molecule has 15 heavy (non-hydrogen) atoms. The van der Waals surface area contributed by atoms with Gasteiger partial charge in [-0.25, -0.2) is 0 Å². The highest BCUT2D eigenvalue weighted by Gasteiger charge is 2.04. The molecule has 82 valence electrons. The van der Waals surface area contributed by atoms with Crippen molar-refractivity contribution < 1.29 is 0 Å². The molecule has 0 spiro atoms. The normalized spacial score (nSPS) is 10.3. The number of hydrogen-bond acceptors (Lipinski definition) is 5. The first-order chi connectivity index (χ1) is 7.04. The van der Waals surface area contributed by atoms with E-state index in [4.69, 9.17) is 5.73 Å². The Morgan fingerprint density at radius 2 is 2.33 bits per heavy atom. The predicted molar refractivity (Wildman–Crippen MR) is 59.0 cm³/mol. The second-order valence-corrected chi connectivity index (χ2v) is 3.88. The fraction of sp³-hybridized carbons (Fsp3) is 0.375. The molecule has 1 rings (SSSR count). The lowest BCUT2D eigenvalue weighted by atomic mass is 10.4. The number of H-pyrrole nitrogens is 1. The molecule has 0 unspecified atom stereocenters. The molecule has 6 nitrogen and oxygen atoms in total. The van der Waals surface area contributed by atoms with Gasteiger partial charge in [-0.3, -0.25) is 19.4 Å². The zero-order chi connectivity index (χ0) is 11.4. The second-order valence-electron chi connectivity index (χ2n) is 2.94. The molecule has 1 aromatic heterocycles. The monoisotopic (exact) mass is 228 g/mol. The summed E-state index contributed by atoms with van der Waals surface area (Å²) in [6, 6.07) is 0. The van der Waals surface area contributed by atoms with Gasteiger partial charge in [-0.1, -0.05) is 23.9 Å². The average Bonchev–Trinajstić information content (AvgIpc) is 2.21. The second kappa shape index (κ2) is 4.94. The predicted octanol–water partition coefficient (Wildman–Crippen LogP) is -0.924. The van der Waals surface area contributed by atoms with Gasteiger partial charge in [0.25, 0.3) is 0 Å². The molecule has 0 aromatic carbocycles. The van der Waals surface area contributed by atoms with E-state index in [0.717, 1.165) is 5.57 Å². The van der Waals surface area contributed by atoms with Crippen molar-refractivity contribution in [2.24, 2.45) is 12.8 Å². The summed E-state index contributed by atoms with van der Waals surface area (Å²) in [6.45, 7) is 4.12. The summed E-state index contributed by atoms with van der Waals surface area (Å²) in [5.74, 6) is 0.572. The van der Waals surface area contributed by atoms with Crippen molar-refractivity contribution in [1.82, 2.24) is 14.8 Å². The third-order valence-electron chi connectivity index (χ3n) is 1.64. The van der Waals surface area contributed by atoms with E-state index in [0.29, 0.717) is 17.5 Å². The van der Waals surface area contributed by atoms with Crippen LogP contribution in [0.25, 0.3) is 0 Å². The lowest BCUT2D eigenvalue weighted by molar-refractivity contribution is 0.596. The fourth-order valence-corrected chi connectivity index (χ4v) is 1.65. The van der Waals surface area contributed by atoms with Gasteiger partial charge < -0.3 is 5.73 Å². The minimum Gasteiger partial charge on any atom is -0.327 e. The van der Waals surface area contributed by atoms with Gasteiger partial charge in [-0.2, -0.15) is 4.98 Å². The number of aryl methyl sites for hydroxylation is 1. The minimum atomic E-state index is -0.783. The molecule has 0 aliphatic rings. The summed E-state index contributed by atoms with van der Waals surface area (Å²) in [7, 11) is 1.61. The van der Waals surface area contributed by atoms with Crippen LogP contribution in [0.4, 0.5) is 0 Å². The van der Waals surface area contributed by atoms with Gasteiger partial charge in [0.05, 0.1) is 0 Å². The summed E-state index contributed by atoms with van der Waals surface area (Å²) in [6.07, 6.45) is 0. The van der Waals surface area contributed by atoms with E-state index in [1.807, 2.05) is 0 Å². The van der Waals surface area contributed by atoms with Crippen LogP contribution >= 0.6 is 11.8 Å². The van der Waals surface area contributed by atoms with Crippen LogP contribution in [-0.2, 0) is 7.05 Å². The van der Waals surface area contributed by atoms with Crippen LogP contribution in [0.3, 0.4) is 0 Å². The highest BCUT2D eigenvalue weighted by molar-refractivity contribution is 7.99. The number of thioether (sulfide) groups is 1. The Kier molecular flexibility index (Phi) is 3.87. The maximum absolute atomic E-state index is 11.0. The molecule has 0 bridgehead atoms. The molecular weight excluding hydrogens is 216 g/mol. The van der Waals surface area contributed by atoms with Gasteiger partial charge in [0.2, 0.25) is 0 Å². The first-order valence-corrected chi connectivity index (χ1v) is 5.20. The smallest absolute Gasteiger partial charge is 0.327 e. The van der Waals surface area contributed by atoms with Gasteiger partial charge in [-0.05, 0) is 0 Å². The van der Waals surface area contributed by atoms with E-state index in [9.17, 15) is 9.59 Å². The van der Waals surface area contributed by atoms with Crippen LogP contribution in [0.2, 0.25) is 0 Å². The summed E-state index contributed by atoms with van der Waals surface area (Å²) in [5, 5.41) is 2.79. The van der Waals surface area contributed by atoms with E-state index in [-0.39, 0.29) is 0 Å². The van der Waals surface area contributed by atoms with Gasteiger partial charge in [-0.15, -0.1) is 0 Å². The summed E-state index contributed by atoms with van der Waals surface area (Å²) >= 11 is 1.30. The van der Waals surface area contributed by atoms with Crippen LogP contribution in [0.15, 0.2) is 26.9 Å². The van der Waals surface area contributed by atoms with Gasteiger partial charge >= 0.3 is 11.1 Å². The standard InChI is InChI=1S/C8H12N4O2S/c1-5(3-9)4-15-8-10-6(13)7(14)11-12(8)2/h1,3-4,9H2,2H3,(H,11,14). The van der Waals surface area contributed by atoms with Crippen molar-refractivity contribution in [3.8, 4) is 0 Å². The Hall–Kier alpha value is -1.34. The van der Waals surface area contributed by atoms with Crippen LogP contribution < -0.4 is 16.9 Å². The molecule has 1 heterocycles. The molecule has 0 aliphatic heterocycles. The summed E-state index contributed by atoms with van der Waals surface area (Å²) in [4.78, 5) is 25.5. The maximum atomic E-state index is 11.0. The zero-order valence-electron chi connectivity index (χ0n) is 8.32. The quantitative estimate of drug-likeness (QED) is 0.395. The molecule has 0 atom stereocenters. The van der Waals surface area contributed by atoms with E-state index >= 15 is 0 Å². The van der Waals surface area contributed by atoms with Crippen LogP contribution in [0, 0.1) is 0 Å². The first kappa shape index (κ1) is 11.7. The van der Waals surface area contributed by atoms with Gasteiger partial charge in [0, 0.05) is 19.3 Å². The Morgan fingerprint density at radius 1 is 1.67 bits per heavy atom. The lowest BCUT2D eigenvalue weighted by Crippen LogP contribution is -2.33. The Bertz CT molecular complexity index is 476. The third kappa shape index (κ3) is 3.07. The number of nitrogens with two attached hydrogens (primary N) is 1. The van der Waals surface area contributed by atoms with Crippen LogP contribution in [-0.4, -0.2) is 27.1 Å². The summed E-state index contributed by atoms with van der Waals surface area (Å²) in [5.41, 5.74) is 4.71. The number of nitrogens with zero attached hydrogens (tertiary/aromatic N) is 2. The molecule has 0 fully saturated rings. The van der Waals surface area contributed by atoms with Gasteiger partial charge in [0.1, 0.15) is 0 Å². The number of nitrogens with one attached hydrogen (secondary N) is 1. The average molecular weight is 228 g/mol. The Balaban J connectivity index is 2.87. The van der Waals surface area contributed by atoms with Crippen molar-refractivity contribution >= 4 is 11.8 Å². The fourth-order valence-electron chi connectivity index (χ4n) is 0.815. The lowest BCUT2D eigenvalue weighted by Gasteiger charge is -2.05. The minimum absolute atomic E-state index is 0.393. The largest absolute Gasteiger partial charge is 0.339 e. The highest BCUT2D eigenvalue weighted by atomic mass is 32.2. The van der Waals surface area contributed by atoms with Gasteiger partial charge in [0.15, 0.2) is 5.16 Å². The van der Waals surface area contributed by atoms with E-state index < -0.39 is 11.1 Å². The van der Waals surface area contributed by atoms with Crippen molar-refractivity contribution in [3.05, 3.63) is 32.9 Å². The van der Waals surface area contributed by atoms with Crippen molar-refractivity contribution in [2.45, 2.75) is 5.16 Å². The zero-order valence-corrected chi connectivity index (χ0v) is 9.13. The molecule has 0 aliphatic carbocycles. The topological polar surface area (TPSA) is 93.8 Å². The number of hydrogen-bond donors (Lipinski definition) is 2. The molecule has 0 amide bonds. The maximum Gasteiger partial charge on any atom is 0.339 e. The SMILES string of the molecule is C=C(CN)CSc1nc(=O)c(=O)[nH]n1C. The molecule has 0 saturated heterocycles. The number of aromatic amines is 1. The molecular formula is C8H12N4O2S. The number of aromatic nitrogens is 3. The van der Waals surface area contributed by atoms with Crippen LogP contribution in [0.5, 0.6) is 0 Å². The molecule has 1 aromatic rings. The van der Waals surface area contributed by atoms with Crippen molar-refractivity contribution in [3.63, 3.8) is 0 Å². The molecule has 3 N–H and O–H groups in total. The Labute approximate surface area is 90.2 Å². The van der Waals surface area contributed by atoms with E-state index in [1.54, 1.807) is 7.05 Å². The molecule has 0 saturated carbocycles. The van der Waals surface area contributed by atoms with E-state index in [2.05, 4.69) is 16.7 Å². The van der Waals surface area contributed by atoms with Crippen LogP contribution in [0.1, 0.15) is 0 Å². The molecule has 7 heteroatoms. The first-order valence-electron chi connectivity index (χ1n) is 4.21.